The topological polar surface area (TPSA) is 38.8 Å². The lowest BCUT2D eigenvalue weighted by molar-refractivity contribution is 0.100. The van der Waals surface area contributed by atoms with E-state index >= 15 is 0 Å². The lowest BCUT2D eigenvalue weighted by Crippen LogP contribution is -2.25. The van der Waals surface area contributed by atoms with Gasteiger partial charge in [0.05, 0.1) is 20.8 Å². The van der Waals surface area contributed by atoms with Crippen LogP contribution in [0.2, 0.25) is 0 Å². The minimum absolute atomic E-state index is 0.0583. The number of anilines is 1. The highest BCUT2D eigenvalue weighted by Gasteiger charge is 2.10. The molecule has 0 saturated heterocycles. The Morgan fingerprint density at radius 1 is 1.00 bits per heavy atom. The molecule has 0 heterocycles. The van der Waals surface area contributed by atoms with E-state index in [0.29, 0.717) is 12.1 Å². The van der Waals surface area contributed by atoms with Gasteiger partial charge in [-0.25, -0.2) is 0 Å². The van der Waals surface area contributed by atoms with Crippen molar-refractivity contribution >= 4 is 11.5 Å². The van der Waals surface area contributed by atoms with Crippen LogP contribution in [-0.4, -0.2) is 33.6 Å². The molecule has 0 aliphatic rings. The number of methoxy groups -OCH3 is 2. The van der Waals surface area contributed by atoms with E-state index in [1.807, 2.05) is 36.2 Å². The molecule has 0 unspecified atom stereocenters. The molecule has 0 bridgehead atoms. The van der Waals surface area contributed by atoms with Gasteiger partial charge in [0.2, 0.25) is 0 Å². The predicted molar refractivity (Wildman–Crippen MR) is 83.6 cm³/mol. The van der Waals surface area contributed by atoms with Crippen molar-refractivity contribution in [3.63, 3.8) is 0 Å². The lowest BCUT2D eigenvalue weighted by atomic mass is 10.1. The predicted octanol–water partition coefficient (Wildman–Crippen LogP) is 3.02. The highest BCUT2D eigenvalue weighted by molar-refractivity contribution is 5.99. The average Bonchev–Trinajstić information content (AvgIpc) is 2.54. The smallest absolute Gasteiger partial charge is 0.182 e. The second-order valence-electron chi connectivity index (χ2n) is 4.71. The van der Waals surface area contributed by atoms with Gasteiger partial charge in [0.25, 0.3) is 0 Å². The Morgan fingerprint density at radius 3 is 2.29 bits per heavy atom. The average molecular weight is 285 g/mol. The van der Waals surface area contributed by atoms with Crippen molar-refractivity contribution in [2.45, 2.75) is 0 Å². The molecule has 4 nitrogen and oxygen atoms in total. The summed E-state index contributed by atoms with van der Waals surface area (Å²) in [5.41, 5.74) is 1.61. The normalized spacial score (nSPS) is 10.0. The summed E-state index contributed by atoms with van der Waals surface area (Å²) in [7, 11) is 5.12. The molecule has 0 fully saturated rings. The van der Waals surface area contributed by atoms with Gasteiger partial charge in [-0.3, -0.25) is 4.79 Å². The number of ketones is 1. The van der Waals surface area contributed by atoms with Crippen LogP contribution in [0.4, 0.5) is 5.69 Å². The van der Waals surface area contributed by atoms with Crippen molar-refractivity contribution in [2.24, 2.45) is 0 Å². The van der Waals surface area contributed by atoms with E-state index in [1.165, 1.54) is 0 Å². The molecular formula is C17H19NO3. The van der Waals surface area contributed by atoms with E-state index in [-0.39, 0.29) is 5.78 Å². The van der Waals surface area contributed by atoms with Gasteiger partial charge in [-0.15, -0.1) is 0 Å². The van der Waals surface area contributed by atoms with Crippen LogP contribution in [0.25, 0.3) is 0 Å². The van der Waals surface area contributed by atoms with Crippen LogP contribution < -0.4 is 14.4 Å². The van der Waals surface area contributed by atoms with Crippen LogP contribution >= 0.6 is 0 Å². The Labute approximate surface area is 124 Å². The highest BCUT2D eigenvalue weighted by Crippen LogP contribution is 2.20. The molecule has 110 valence electrons. The molecule has 0 aliphatic carbocycles. The van der Waals surface area contributed by atoms with Gasteiger partial charge in [0, 0.05) is 24.4 Å². The fraction of sp³-hybridized carbons (Fsp3) is 0.235. The molecule has 0 N–H and O–H groups in total. The van der Waals surface area contributed by atoms with Gasteiger partial charge in [-0.1, -0.05) is 6.07 Å². The summed E-state index contributed by atoms with van der Waals surface area (Å²) in [6, 6.07) is 14.8. The molecule has 0 atom stereocenters. The van der Waals surface area contributed by atoms with Crippen LogP contribution in [0.1, 0.15) is 10.4 Å². The Bertz CT molecular complexity index is 608. The molecule has 21 heavy (non-hydrogen) atoms. The van der Waals surface area contributed by atoms with Gasteiger partial charge >= 0.3 is 0 Å². The van der Waals surface area contributed by atoms with Crippen molar-refractivity contribution in [3.8, 4) is 11.5 Å². The summed E-state index contributed by atoms with van der Waals surface area (Å²) in [6.45, 7) is 0.305. The van der Waals surface area contributed by atoms with E-state index < -0.39 is 0 Å². The summed E-state index contributed by atoms with van der Waals surface area (Å²) in [4.78, 5) is 14.2. The van der Waals surface area contributed by atoms with Crippen molar-refractivity contribution in [3.05, 3.63) is 54.1 Å². The zero-order valence-electron chi connectivity index (χ0n) is 12.5. The lowest BCUT2D eigenvalue weighted by Gasteiger charge is -2.19. The van der Waals surface area contributed by atoms with E-state index in [2.05, 4.69) is 0 Å². The molecule has 4 heteroatoms. The SMILES string of the molecule is COc1ccc(C(=O)CN(C)c2cccc(OC)c2)cc1. The van der Waals surface area contributed by atoms with E-state index in [4.69, 9.17) is 9.47 Å². The molecule has 0 saturated carbocycles. The fourth-order valence-electron chi connectivity index (χ4n) is 2.02. The number of likely N-dealkylation sites (N-methyl/N-ethyl adjacent to an activating group) is 1. The highest BCUT2D eigenvalue weighted by atomic mass is 16.5. The second kappa shape index (κ2) is 6.79. The van der Waals surface area contributed by atoms with E-state index in [1.54, 1.807) is 38.5 Å². The first-order valence-corrected chi connectivity index (χ1v) is 6.66. The molecule has 0 amide bonds. The Hall–Kier alpha value is -2.49. The summed E-state index contributed by atoms with van der Waals surface area (Å²) in [5, 5.41) is 0. The Kier molecular flexibility index (Phi) is 4.82. The van der Waals surface area contributed by atoms with Gasteiger partial charge in [-0.05, 0) is 36.4 Å². The number of carbonyl (C=O) groups excluding carboxylic acids is 1. The minimum atomic E-state index is 0.0583. The largest absolute Gasteiger partial charge is 0.497 e. The first-order valence-electron chi connectivity index (χ1n) is 6.66. The van der Waals surface area contributed by atoms with Crippen molar-refractivity contribution in [2.75, 3.05) is 32.7 Å². The van der Waals surface area contributed by atoms with E-state index in [0.717, 1.165) is 17.2 Å². The fourth-order valence-corrected chi connectivity index (χ4v) is 2.02. The standard InChI is InChI=1S/C17H19NO3/c1-18(14-5-4-6-16(11-14)21-3)12-17(19)13-7-9-15(20-2)10-8-13/h4-11H,12H2,1-3H3. The number of benzene rings is 2. The van der Waals surface area contributed by atoms with Gasteiger partial charge in [-0.2, -0.15) is 0 Å². The summed E-state index contributed by atoms with van der Waals surface area (Å²) in [6.07, 6.45) is 0. The monoisotopic (exact) mass is 285 g/mol. The maximum absolute atomic E-state index is 12.3. The van der Waals surface area contributed by atoms with Gasteiger partial charge in [0.1, 0.15) is 11.5 Å². The van der Waals surface area contributed by atoms with Gasteiger partial charge in [0.15, 0.2) is 5.78 Å². The van der Waals surface area contributed by atoms with Crippen LogP contribution in [-0.2, 0) is 0 Å². The summed E-state index contributed by atoms with van der Waals surface area (Å²) >= 11 is 0. The number of hydrogen-bond acceptors (Lipinski definition) is 4. The number of rotatable bonds is 6. The van der Waals surface area contributed by atoms with Crippen molar-refractivity contribution in [1.29, 1.82) is 0 Å². The van der Waals surface area contributed by atoms with E-state index in [9.17, 15) is 4.79 Å². The maximum Gasteiger partial charge on any atom is 0.182 e. The first-order chi connectivity index (χ1) is 10.1. The molecule has 0 aromatic heterocycles. The van der Waals surface area contributed by atoms with Crippen LogP contribution in [0, 0.1) is 0 Å². The van der Waals surface area contributed by atoms with Crippen molar-refractivity contribution < 1.29 is 14.3 Å². The minimum Gasteiger partial charge on any atom is -0.497 e. The number of ether oxygens (including phenoxy) is 2. The Balaban J connectivity index is 2.06. The zero-order chi connectivity index (χ0) is 15.2. The number of carbonyl (C=O) groups is 1. The third kappa shape index (κ3) is 3.75. The molecule has 0 aliphatic heterocycles. The molecular weight excluding hydrogens is 266 g/mol. The van der Waals surface area contributed by atoms with Crippen LogP contribution in [0.5, 0.6) is 11.5 Å². The molecule has 2 aromatic carbocycles. The maximum atomic E-state index is 12.3. The number of hydrogen-bond donors (Lipinski definition) is 0. The van der Waals surface area contributed by atoms with Gasteiger partial charge < -0.3 is 14.4 Å². The van der Waals surface area contributed by atoms with Crippen molar-refractivity contribution in [1.82, 2.24) is 0 Å². The molecule has 2 aromatic rings. The summed E-state index contributed by atoms with van der Waals surface area (Å²) < 4.78 is 10.3. The third-order valence-corrected chi connectivity index (χ3v) is 3.29. The second-order valence-corrected chi connectivity index (χ2v) is 4.71. The van der Waals surface area contributed by atoms with Crippen LogP contribution in [0.3, 0.4) is 0 Å². The number of nitrogens with zero attached hydrogens (tertiary/aromatic N) is 1. The summed E-state index contributed by atoms with van der Waals surface area (Å²) in [5.74, 6) is 1.58. The molecule has 2 rings (SSSR count). The first kappa shape index (κ1) is 14.9. The molecule has 0 radical (unpaired) electrons. The quantitative estimate of drug-likeness (QED) is 0.765. The Morgan fingerprint density at radius 2 is 1.67 bits per heavy atom. The van der Waals surface area contributed by atoms with Crippen LogP contribution in [0.15, 0.2) is 48.5 Å². The molecule has 0 spiro atoms. The number of Topliss-reactive ketones (excluding diaryl/α,β-unsaturated/α-hetero) is 1. The zero-order valence-corrected chi connectivity index (χ0v) is 12.5. The third-order valence-electron chi connectivity index (χ3n) is 3.29.